The van der Waals surface area contributed by atoms with Crippen LogP contribution in [0.4, 0.5) is 5.69 Å². The lowest BCUT2D eigenvalue weighted by Crippen LogP contribution is -2.12. The standard InChI is InChI=1S/C21H17N3O3S/c1-13-11-12-28-18(13)20(25)22-17-6-4-3-5-16(17)21-23-19(24-27-21)14-7-9-15(26-2)10-8-14/h3-12H,1-2H3,(H,22,25). The molecule has 7 heteroatoms. The van der Waals surface area contributed by atoms with Gasteiger partial charge in [0.15, 0.2) is 0 Å². The van der Waals surface area contributed by atoms with Gasteiger partial charge in [-0.15, -0.1) is 11.3 Å². The molecule has 2 aromatic heterocycles. The Morgan fingerprint density at radius 3 is 2.61 bits per heavy atom. The fourth-order valence-electron chi connectivity index (χ4n) is 2.75. The summed E-state index contributed by atoms with van der Waals surface area (Å²) < 4.78 is 10.6. The first-order valence-corrected chi connectivity index (χ1v) is 9.46. The van der Waals surface area contributed by atoms with Gasteiger partial charge in [0.1, 0.15) is 5.75 Å². The van der Waals surface area contributed by atoms with Crippen molar-refractivity contribution in [2.45, 2.75) is 6.92 Å². The molecule has 6 nitrogen and oxygen atoms in total. The predicted octanol–water partition coefficient (Wildman–Crippen LogP) is 5.03. The number of rotatable bonds is 5. The van der Waals surface area contributed by atoms with E-state index in [-0.39, 0.29) is 5.91 Å². The maximum atomic E-state index is 12.6. The number of aromatic nitrogens is 2. The maximum Gasteiger partial charge on any atom is 0.266 e. The van der Waals surface area contributed by atoms with Gasteiger partial charge in [0.25, 0.3) is 11.8 Å². The summed E-state index contributed by atoms with van der Waals surface area (Å²) in [6, 6.07) is 16.7. The lowest BCUT2D eigenvalue weighted by Gasteiger charge is -2.08. The fraction of sp³-hybridized carbons (Fsp3) is 0.0952. The predicted molar refractivity (Wildman–Crippen MR) is 109 cm³/mol. The summed E-state index contributed by atoms with van der Waals surface area (Å²) in [4.78, 5) is 17.8. The Kier molecular flexibility index (Phi) is 4.90. The third-order valence-corrected chi connectivity index (χ3v) is 5.26. The Morgan fingerprint density at radius 2 is 1.89 bits per heavy atom. The molecule has 0 atom stereocenters. The largest absolute Gasteiger partial charge is 0.497 e. The van der Waals surface area contributed by atoms with Gasteiger partial charge in [-0.2, -0.15) is 4.98 Å². The van der Waals surface area contributed by atoms with Crippen LogP contribution < -0.4 is 10.1 Å². The van der Waals surface area contributed by atoms with Crippen molar-refractivity contribution in [2.24, 2.45) is 0 Å². The Labute approximate surface area is 165 Å². The van der Waals surface area contributed by atoms with Crippen molar-refractivity contribution in [1.29, 1.82) is 0 Å². The number of carbonyl (C=O) groups excluding carboxylic acids is 1. The van der Waals surface area contributed by atoms with Crippen LogP contribution in [0.1, 0.15) is 15.2 Å². The lowest BCUT2D eigenvalue weighted by molar-refractivity contribution is 0.103. The SMILES string of the molecule is COc1ccc(-c2noc(-c3ccccc3NC(=O)c3sccc3C)n2)cc1. The number of methoxy groups -OCH3 is 1. The van der Waals surface area contributed by atoms with Crippen LogP contribution in [0, 0.1) is 6.92 Å². The van der Waals surface area contributed by atoms with Crippen LogP contribution in [0.5, 0.6) is 5.75 Å². The quantitative estimate of drug-likeness (QED) is 0.516. The molecule has 0 aliphatic heterocycles. The number of para-hydroxylation sites is 1. The average Bonchev–Trinajstić information content (AvgIpc) is 3.38. The second kappa shape index (κ2) is 7.66. The summed E-state index contributed by atoms with van der Waals surface area (Å²) in [6.07, 6.45) is 0. The number of hydrogen-bond acceptors (Lipinski definition) is 6. The van der Waals surface area contributed by atoms with Crippen LogP contribution >= 0.6 is 11.3 Å². The summed E-state index contributed by atoms with van der Waals surface area (Å²) in [5.41, 5.74) is 3.04. The van der Waals surface area contributed by atoms with E-state index in [0.29, 0.717) is 27.8 Å². The minimum atomic E-state index is -0.158. The molecule has 1 amide bonds. The highest BCUT2D eigenvalue weighted by atomic mass is 32.1. The molecule has 2 heterocycles. The van der Waals surface area contributed by atoms with E-state index in [2.05, 4.69) is 15.5 Å². The van der Waals surface area contributed by atoms with Gasteiger partial charge in [-0.05, 0) is 60.3 Å². The molecule has 1 N–H and O–H groups in total. The molecular formula is C21H17N3O3S. The van der Waals surface area contributed by atoms with Crippen LogP contribution in [0.2, 0.25) is 0 Å². The van der Waals surface area contributed by atoms with Crippen LogP contribution in [-0.4, -0.2) is 23.2 Å². The normalized spacial score (nSPS) is 10.6. The summed E-state index contributed by atoms with van der Waals surface area (Å²) in [6.45, 7) is 1.91. The molecule has 4 rings (SSSR count). The van der Waals surface area contributed by atoms with E-state index in [9.17, 15) is 4.79 Å². The number of nitrogens with zero attached hydrogens (tertiary/aromatic N) is 2. The highest BCUT2D eigenvalue weighted by Crippen LogP contribution is 2.30. The van der Waals surface area contributed by atoms with Gasteiger partial charge in [0, 0.05) is 5.56 Å². The molecule has 0 saturated heterocycles. The highest BCUT2D eigenvalue weighted by molar-refractivity contribution is 7.12. The first-order chi connectivity index (χ1) is 13.7. The number of nitrogens with one attached hydrogen (secondary N) is 1. The highest BCUT2D eigenvalue weighted by Gasteiger charge is 2.17. The maximum absolute atomic E-state index is 12.6. The number of thiophene rings is 1. The summed E-state index contributed by atoms with van der Waals surface area (Å²) in [7, 11) is 1.62. The van der Waals surface area contributed by atoms with Crippen LogP contribution in [0.25, 0.3) is 22.8 Å². The van der Waals surface area contributed by atoms with Crippen molar-refractivity contribution in [3.05, 3.63) is 70.4 Å². The van der Waals surface area contributed by atoms with Gasteiger partial charge < -0.3 is 14.6 Å². The minimum absolute atomic E-state index is 0.158. The zero-order valence-corrected chi connectivity index (χ0v) is 16.1. The minimum Gasteiger partial charge on any atom is -0.497 e. The van der Waals surface area contributed by atoms with Crippen molar-refractivity contribution in [3.8, 4) is 28.6 Å². The molecule has 0 radical (unpaired) electrons. The molecule has 140 valence electrons. The monoisotopic (exact) mass is 391 g/mol. The Morgan fingerprint density at radius 1 is 1.11 bits per heavy atom. The molecule has 0 aliphatic rings. The third-order valence-electron chi connectivity index (χ3n) is 4.25. The van der Waals surface area contributed by atoms with E-state index in [0.717, 1.165) is 16.9 Å². The molecule has 0 saturated carbocycles. The Balaban J connectivity index is 1.62. The second-order valence-electron chi connectivity index (χ2n) is 6.08. The van der Waals surface area contributed by atoms with Gasteiger partial charge in [-0.1, -0.05) is 17.3 Å². The molecule has 2 aromatic carbocycles. The van der Waals surface area contributed by atoms with Gasteiger partial charge >= 0.3 is 0 Å². The van der Waals surface area contributed by atoms with Gasteiger partial charge in [0.2, 0.25) is 5.82 Å². The van der Waals surface area contributed by atoms with Crippen molar-refractivity contribution < 1.29 is 14.1 Å². The summed E-state index contributed by atoms with van der Waals surface area (Å²) in [5, 5.41) is 8.91. The first kappa shape index (κ1) is 17.9. The van der Waals surface area contributed by atoms with E-state index >= 15 is 0 Å². The lowest BCUT2D eigenvalue weighted by atomic mass is 10.1. The fourth-order valence-corrected chi connectivity index (χ4v) is 3.57. The number of aryl methyl sites for hydroxylation is 1. The zero-order valence-electron chi connectivity index (χ0n) is 15.3. The van der Waals surface area contributed by atoms with Gasteiger partial charge in [-0.3, -0.25) is 4.79 Å². The second-order valence-corrected chi connectivity index (χ2v) is 7.00. The number of benzene rings is 2. The van der Waals surface area contributed by atoms with E-state index < -0.39 is 0 Å². The molecule has 0 spiro atoms. The number of amides is 1. The molecular weight excluding hydrogens is 374 g/mol. The smallest absolute Gasteiger partial charge is 0.266 e. The van der Waals surface area contributed by atoms with E-state index in [1.54, 1.807) is 7.11 Å². The van der Waals surface area contributed by atoms with Crippen LogP contribution in [0.15, 0.2) is 64.5 Å². The molecule has 4 aromatic rings. The molecule has 0 unspecified atom stereocenters. The topological polar surface area (TPSA) is 77.3 Å². The van der Waals surface area contributed by atoms with E-state index in [1.165, 1.54) is 11.3 Å². The van der Waals surface area contributed by atoms with Crippen molar-refractivity contribution in [1.82, 2.24) is 10.1 Å². The third kappa shape index (κ3) is 3.52. The van der Waals surface area contributed by atoms with Crippen molar-refractivity contribution >= 4 is 22.9 Å². The van der Waals surface area contributed by atoms with Crippen molar-refractivity contribution in [3.63, 3.8) is 0 Å². The molecule has 28 heavy (non-hydrogen) atoms. The number of ether oxygens (including phenoxy) is 1. The molecule has 0 fully saturated rings. The van der Waals surface area contributed by atoms with E-state index in [4.69, 9.17) is 9.26 Å². The number of anilines is 1. The van der Waals surface area contributed by atoms with E-state index in [1.807, 2.05) is 66.9 Å². The number of carbonyl (C=O) groups is 1. The zero-order chi connectivity index (χ0) is 19.5. The van der Waals surface area contributed by atoms with Gasteiger partial charge in [0.05, 0.1) is 23.2 Å². The number of hydrogen-bond donors (Lipinski definition) is 1. The van der Waals surface area contributed by atoms with Crippen LogP contribution in [0.3, 0.4) is 0 Å². The Hall–Kier alpha value is -3.45. The van der Waals surface area contributed by atoms with Crippen LogP contribution in [-0.2, 0) is 0 Å². The molecule has 0 aliphatic carbocycles. The summed E-state index contributed by atoms with van der Waals surface area (Å²) >= 11 is 1.41. The van der Waals surface area contributed by atoms with Gasteiger partial charge in [-0.25, -0.2) is 0 Å². The Bertz CT molecular complexity index is 1120. The van der Waals surface area contributed by atoms with Crippen molar-refractivity contribution in [2.75, 3.05) is 12.4 Å². The summed E-state index contributed by atoms with van der Waals surface area (Å²) in [5.74, 6) is 1.40. The first-order valence-electron chi connectivity index (χ1n) is 8.58. The average molecular weight is 391 g/mol. The molecule has 0 bridgehead atoms.